The van der Waals surface area contributed by atoms with Gasteiger partial charge in [-0.15, -0.1) is 0 Å². The number of amides is 4. The molecule has 3 aromatic rings. The fourth-order valence-corrected chi connectivity index (χ4v) is 7.28. The third kappa shape index (κ3) is 13.6. The van der Waals surface area contributed by atoms with E-state index in [-0.39, 0.29) is 77.7 Å². The highest BCUT2D eigenvalue weighted by Gasteiger charge is 2.54. The molecule has 21 heteroatoms. The van der Waals surface area contributed by atoms with Crippen molar-refractivity contribution in [1.29, 1.82) is 0 Å². The lowest BCUT2D eigenvalue weighted by atomic mass is 9.77. The number of nitrogens with one attached hydrogen (secondary N) is 4. The van der Waals surface area contributed by atoms with Gasteiger partial charge in [0, 0.05) is 68.1 Å². The Morgan fingerprint density at radius 3 is 1.97 bits per heavy atom. The van der Waals surface area contributed by atoms with Crippen molar-refractivity contribution in [2.45, 2.75) is 63.1 Å². The summed E-state index contributed by atoms with van der Waals surface area (Å²) in [4.78, 5) is 79.4. The van der Waals surface area contributed by atoms with Gasteiger partial charge in [-0.05, 0) is 69.4 Å². The Hall–Kier alpha value is -6.81. The topological polar surface area (TPSA) is 328 Å². The molecule has 0 saturated heterocycles. The maximum atomic E-state index is 13.6. The molecule has 356 valence electrons. The first-order valence-electron chi connectivity index (χ1n) is 21.6. The summed E-state index contributed by atoms with van der Waals surface area (Å²) in [5.41, 5.74) is 16.6. The van der Waals surface area contributed by atoms with Gasteiger partial charge in [0.1, 0.15) is 23.0 Å². The van der Waals surface area contributed by atoms with E-state index in [1.54, 1.807) is 30.3 Å². The van der Waals surface area contributed by atoms with Crippen molar-refractivity contribution in [2.75, 3.05) is 65.8 Å². The summed E-state index contributed by atoms with van der Waals surface area (Å²) in [5.74, 6) is -2.57. The van der Waals surface area contributed by atoms with Crippen LogP contribution in [0.3, 0.4) is 0 Å². The summed E-state index contributed by atoms with van der Waals surface area (Å²) in [6.07, 6.45) is 1.92. The second-order valence-corrected chi connectivity index (χ2v) is 15.5. The minimum atomic E-state index is -1.48. The third-order valence-electron chi connectivity index (χ3n) is 10.5. The van der Waals surface area contributed by atoms with Crippen LogP contribution in [-0.4, -0.2) is 129 Å². The zero-order chi connectivity index (χ0) is 47.6. The molecular weight excluding hydrogens is 861 g/mol. The Bertz CT molecular complexity index is 2200. The highest BCUT2D eigenvalue weighted by molar-refractivity contribution is 6.09. The Morgan fingerprint density at radius 2 is 1.36 bits per heavy atom. The van der Waals surface area contributed by atoms with Crippen molar-refractivity contribution in [3.8, 4) is 23.0 Å². The number of nitrogens with zero attached hydrogens (tertiary/aromatic N) is 1. The Labute approximate surface area is 381 Å². The summed E-state index contributed by atoms with van der Waals surface area (Å²) in [7, 11) is 0. The number of carbonyl (C=O) groups excluding carboxylic acids is 6. The number of guanidine groups is 1. The maximum Gasteiger partial charge on any atom is 0.340 e. The number of hydrogen-bond donors (Lipinski definition) is 9. The third-order valence-corrected chi connectivity index (χ3v) is 10.5. The minimum absolute atomic E-state index is 0.00778. The van der Waals surface area contributed by atoms with Crippen LogP contribution in [0.4, 0.5) is 0 Å². The molecule has 0 bridgehead atoms. The van der Waals surface area contributed by atoms with Gasteiger partial charge in [-0.3, -0.25) is 29.0 Å². The molecule has 2 heterocycles. The molecule has 2 aliphatic heterocycles. The average Bonchev–Trinajstić information content (AvgIpc) is 3.58. The first-order chi connectivity index (χ1) is 31.7. The van der Waals surface area contributed by atoms with Crippen LogP contribution in [0.2, 0.25) is 0 Å². The fraction of sp³-hybridized carbons (Fsp3) is 0.444. The lowest BCUT2D eigenvalue weighted by Gasteiger charge is -2.36. The van der Waals surface area contributed by atoms with E-state index < -0.39 is 41.4 Å². The zero-order valence-electron chi connectivity index (χ0n) is 36.7. The van der Waals surface area contributed by atoms with Gasteiger partial charge in [-0.1, -0.05) is 12.1 Å². The summed E-state index contributed by atoms with van der Waals surface area (Å²) in [6, 6.07) is 12.1. The van der Waals surface area contributed by atoms with Gasteiger partial charge in [0.05, 0.1) is 56.2 Å². The molecule has 3 aromatic carbocycles. The number of carbonyl (C=O) groups is 6. The number of fused-ring (bicyclic) bond motifs is 6. The van der Waals surface area contributed by atoms with Gasteiger partial charge < -0.3 is 72.4 Å². The molecule has 0 saturated carbocycles. The zero-order valence-corrected chi connectivity index (χ0v) is 36.7. The van der Waals surface area contributed by atoms with Crippen LogP contribution in [0.5, 0.6) is 23.0 Å². The van der Waals surface area contributed by atoms with Crippen molar-refractivity contribution in [2.24, 2.45) is 22.2 Å². The van der Waals surface area contributed by atoms with Crippen molar-refractivity contribution in [3.05, 3.63) is 82.4 Å². The molecule has 12 N–H and O–H groups in total. The summed E-state index contributed by atoms with van der Waals surface area (Å²) < 4.78 is 28.8. The number of ether oxygens (including phenoxy) is 5. The molecular formula is C45H58N8O13. The number of esters is 1. The minimum Gasteiger partial charge on any atom is -0.508 e. The molecule has 0 aliphatic carbocycles. The van der Waals surface area contributed by atoms with Gasteiger partial charge in [0.15, 0.2) is 17.3 Å². The molecule has 2 aliphatic rings. The summed E-state index contributed by atoms with van der Waals surface area (Å²) in [6.45, 7) is 3.99. The number of ketones is 1. The lowest BCUT2D eigenvalue weighted by Crippen LogP contribution is -2.48. The lowest BCUT2D eigenvalue weighted by molar-refractivity contribution is -0.129. The second kappa shape index (κ2) is 24.5. The number of Topliss-reactive ketones (excluding diaryl/α,β-unsaturated/α-hetero) is 1. The maximum absolute atomic E-state index is 13.6. The van der Waals surface area contributed by atoms with Crippen molar-refractivity contribution >= 4 is 41.3 Å². The molecule has 2 atom stereocenters. The van der Waals surface area contributed by atoms with E-state index in [1.165, 1.54) is 31.2 Å². The number of aromatic hydroxyl groups is 2. The quantitative estimate of drug-likeness (QED) is 0.0220. The van der Waals surface area contributed by atoms with Gasteiger partial charge in [-0.25, -0.2) is 4.79 Å². The Kier molecular flexibility index (Phi) is 18.6. The Morgan fingerprint density at radius 1 is 0.758 bits per heavy atom. The molecule has 4 amide bonds. The highest BCUT2D eigenvalue weighted by atomic mass is 16.6. The fourth-order valence-electron chi connectivity index (χ4n) is 7.28. The summed E-state index contributed by atoms with van der Waals surface area (Å²) in [5, 5.41) is 30.9. The number of rotatable bonds is 27. The highest BCUT2D eigenvalue weighted by Crippen LogP contribution is 2.57. The van der Waals surface area contributed by atoms with Crippen molar-refractivity contribution in [3.63, 3.8) is 0 Å². The Balaban J connectivity index is 0.883. The number of phenolic OH excluding ortho intramolecular Hbond substituents is 2. The van der Waals surface area contributed by atoms with E-state index in [0.717, 1.165) is 0 Å². The molecule has 1 spiro atoms. The van der Waals surface area contributed by atoms with Crippen molar-refractivity contribution < 1.29 is 62.7 Å². The van der Waals surface area contributed by atoms with Crippen LogP contribution in [-0.2, 0) is 43.7 Å². The molecule has 0 fully saturated rings. The summed E-state index contributed by atoms with van der Waals surface area (Å²) >= 11 is 0. The normalized spacial score (nSPS) is 13.8. The monoisotopic (exact) mass is 918 g/mol. The van der Waals surface area contributed by atoms with Gasteiger partial charge in [-0.2, -0.15) is 0 Å². The van der Waals surface area contributed by atoms with Gasteiger partial charge in [0.25, 0.3) is 5.91 Å². The molecule has 0 aromatic heterocycles. The van der Waals surface area contributed by atoms with Crippen LogP contribution in [0, 0.1) is 0 Å². The molecule has 0 radical (unpaired) electrons. The van der Waals surface area contributed by atoms with Gasteiger partial charge >= 0.3 is 5.97 Å². The van der Waals surface area contributed by atoms with Crippen molar-refractivity contribution in [1.82, 2.24) is 21.3 Å². The number of aliphatic imine (C=N–C) groups is 1. The van der Waals surface area contributed by atoms with E-state index in [9.17, 15) is 39.0 Å². The van der Waals surface area contributed by atoms with E-state index in [4.69, 9.17) is 40.9 Å². The number of phenols is 2. The van der Waals surface area contributed by atoms with Crippen LogP contribution < -0.4 is 43.2 Å². The largest absolute Gasteiger partial charge is 0.508 e. The van der Waals surface area contributed by atoms with Crippen LogP contribution >= 0.6 is 0 Å². The molecule has 0 unspecified atom stereocenters. The molecule has 5 rings (SSSR count). The van der Waals surface area contributed by atoms with E-state index >= 15 is 0 Å². The van der Waals surface area contributed by atoms with Crippen LogP contribution in [0.25, 0.3) is 0 Å². The second-order valence-electron chi connectivity index (χ2n) is 15.5. The average molecular weight is 919 g/mol. The standard InChI is InChI=1S/C45H58N8O13/c1-27(54)35(8-3-15-51-44(47)48)53-39(58)26-52-42(60)34(46)13-14-38(57)49-16-4-18-62-20-22-64-23-21-63-19-5-17-50-41(59)30-6-2-7-33-40(30)43(61)66-45(33)31-11-9-28(55)24-36(31)65-37-25-29(56)10-12-32(37)45/h2,6-7,9-12,24-25,34-35,55-56H,3-5,8,13-23,26,46H2,1H3,(H,49,57)(H,50,59)(H,52,60)(H,53,58)(H4,47,48,51)/t34-,35-/m0/s1. The predicted molar refractivity (Wildman–Crippen MR) is 238 cm³/mol. The SMILES string of the molecule is CC(=O)[C@H](CCCN=C(N)N)NC(=O)CNC(=O)[C@@H](N)CCC(=O)NCCCOCCOCCOCCCNC(=O)c1cccc2c1C(=O)OC21c2ccc(O)cc2Oc2cc(O)ccc21. The van der Waals surface area contributed by atoms with E-state index in [0.29, 0.717) is 95.1 Å². The smallest absolute Gasteiger partial charge is 0.340 e. The number of hydrogen-bond acceptors (Lipinski definition) is 15. The van der Waals surface area contributed by atoms with Crippen LogP contribution in [0.15, 0.2) is 59.6 Å². The molecule has 66 heavy (non-hydrogen) atoms. The number of benzene rings is 3. The molecule has 21 nitrogen and oxygen atoms in total. The van der Waals surface area contributed by atoms with Crippen LogP contribution in [0.1, 0.15) is 82.9 Å². The van der Waals surface area contributed by atoms with Gasteiger partial charge in [0.2, 0.25) is 17.7 Å². The predicted octanol–water partition coefficient (Wildman–Crippen LogP) is 0.693. The first-order valence-corrected chi connectivity index (χ1v) is 21.6. The first kappa shape index (κ1) is 50.2. The number of nitrogens with two attached hydrogens (primary N) is 3. The van der Waals surface area contributed by atoms with E-state index in [1.807, 2.05) is 0 Å². The van der Waals surface area contributed by atoms with E-state index in [2.05, 4.69) is 26.3 Å².